The number of rotatable bonds is 6. The second-order valence-corrected chi connectivity index (χ2v) is 5.30. The first kappa shape index (κ1) is 11.7. The van der Waals surface area contributed by atoms with Gasteiger partial charge in [-0.25, -0.2) is 0 Å². The molecule has 16 heavy (non-hydrogen) atoms. The van der Waals surface area contributed by atoms with Crippen molar-refractivity contribution in [3.8, 4) is 0 Å². The number of thioether (sulfide) groups is 1. The van der Waals surface area contributed by atoms with Gasteiger partial charge < -0.3 is 4.57 Å². The van der Waals surface area contributed by atoms with Crippen LogP contribution in [0.2, 0.25) is 0 Å². The Morgan fingerprint density at radius 3 is 2.88 bits per heavy atom. The number of halogens is 1. The number of nitrogens with zero attached hydrogens (tertiary/aromatic N) is 3. The molecule has 1 fully saturated rings. The van der Waals surface area contributed by atoms with Gasteiger partial charge in [0.15, 0.2) is 5.16 Å². The third-order valence-corrected chi connectivity index (χ3v) is 3.70. The van der Waals surface area contributed by atoms with Gasteiger partial charge in [0.05, 0.1) is 0 Å². The van der Waals surface area contributed by atoms with Crippen molar-refractivity contribution in [2.75, 3.05) is 5.75 Å². The van der Waals surface area contributed by atoms with Crippen LogP contribution in [0.5, 0.6) is 0 Å². The molecule has 0 bridgehead atoms. The molecule has 1 heterocycles. The first-order chi connectivity index (χ1) is 7.72. The zero-order chi connectivity index (χ0) is 11.5. The summed E-state index contributed by atoms with van der Waals surface area (Å²) >= 11 is 7.32. The van der Waals surface area contributed by atoms with Crippen molar-refractivity contribution in [1.29, 1.82) is 0 Å². The summed E-state index contributed by atoms with van der Waals surface area (Å²) in [5, 5.41) is 9.98. The average Bonchev–Trinajstić information content (AvgIpc) is 3.00. The summed E-state index contributed by atoms with van der Waals surface area (Å²) in [6, 6.07) is 0. The highest BCUT2D eigenvalue weighted by Crippen LogP contribution is 2.40. The van der Waals surface area contributed by atoms with Crippen LogP contribution in [0.3, 0.4) is 0 Å². The Morgan fingerprint density at radius 2 is 2.31 bits per heavy atom. The molecule has 1 aliphatic rings. The summed E-state index contributed by atoms with van der Waals surface area (Å²) < 4.78 is 2.12. The van der Waals surface area contributed by atoms with E-state index in [2.05, 4.69) is 27.9 Å². The lowest BCUT2D eigenvalue weighted by molar-refractivity contribution is 0.682. The standard InChI is InChI=1S/C11H14ClN3S/c1-3-6-15-10(9-4-5-9)13-14-11(15)16-7-8(2)12/h3,9H,1-2,4-7H2. The van der Waals surface area contributed by atoms with Crippen molar-refractivity contribution < 1.29 is 0 Å². The van der Waals surface area contributed by atoms with E-state index in [1.54, 1.807) is 11.8 Å². The Kier molecular flexibility index (Phi) is 3.71. The molecule has 5 heteroatoms. The fraction of sp³-hybridized carbons (Fsp3) is 0.455. The third kappa shape index (κ3) is 2.68. The summed E-state index contributed by atoms with van der Waals surface area (Å²) in [6.07, 6.45) is 4.32. The summed E-state index contributed by atoms with van der Waals surface area (Å²) in [6.45, 7) is 8.19. The van der Waals surface area contributed by atoms with Gasteiger partial charge in [0, 0.05) is 23.2 Å². The lowest BCUT2D eigenvalue weighted by Gasteiger charge is -2.06. The molecular formula is C11H14ClN3S. The maximum absolute atomic E-state index is 5.75. The van der Waals surface area contributed by atoms with E-state index in [0.717, 1.165) is 17.5 Å². The number of hydrogen-bond donors (Lipinski definition) is 0. The highest BCUT2D eigenvalue weighted by Gasteiger charge is 2.30. The molecule has 0 aliphatic heterocycles. The van der Waals surface area contributed by atoms with Crippen LogP contribution in [0.1, 0.15) is 24.6 Å². The molecule has 1 aliphatic carbocycles. The molecule has 0 amide bonds. The molecule has 0 radical (unpaired) electrons. The Bertz CT molecular complexity index is 409. The van der Waals surface area contributed by atoms with Crippen molar-refractivity contribution in [2.24, 2.45) is 0 Å². The largest absolute Gasteiger partial charge is 0.302 e. The zero-order valence-electron chi connectivity index (χ0n) is 9.03. The van der Waals surface area contributed by atoms with Crippen LogP contribution in [0.4, 0.5) is 0 Å². The van der Waals surface area contributed by atoms with Gasteiger partial charge in [-0.05, 0) is 12.8 Å². The first-order valence-electron chi connectivity index (χ1n) is 5.22. The Labute approximate surface area is 105 Å². The molecule has 0 spiro atoms. The molecule has 2 rings (SSSR count). The predicted molar refractivity (Wildman–Crippen MR) is 67.9 cm³/mol. The van der Waals surface area contributed by atoms with Crippen molar-refractivity contribution in [3.63, 3.8) is 0 Å². The number of allylic oxidation sites excluding steroid dienone is 1. The molecule has 0 aromatic carbocycles. The summed E-state index contributed by atoms with van der Waals surface area (Å²) in [7, 11) is 0. The molecule has 0 unspecified atom stereocenters. The smallest absolute Gasteiger partial charge is 0.191 e. The molecule has 86 valence electrons. The zero-order valence-corrected chi connectivity index (χ0v) is 10.6. The summed E-state index contributed by atoms with van der Waals surface area (Å²) in [5.74, 6) is 2.35. The van der Waals surface area contributed by atoms with E-state index in [9.17, 15) is 0 Å². The van der Waals surface area contributed by atoms with Crippen LogP contribution in [-0.4, -0.2) is 20.5 Å². The van der Waals surface area contributed by atoms with Gasteiger partial charge in [-0.15, -0.1) is 16.8 Å². The van der Waals surface area contributed by atoms with E-state index < -0.39 is 0 Å². The molecule has 3 nitrogen and oxygen atoms in total. The minimum Gasteiger partial charge on any atom is -0.302 e. The SMILES string of the molecule is C=CCn1c(SCC(=C)Cl)nnc1C1CC1. The minimum atomic E-state index is 0.598. The quantitative estimate of drug-likeness (QED) is 0.578. The average molecular weight is 256 g/mol. The Hall–Kier alpha value is -0.740. The molecule has 0 saturated heterocycles. The molecule has 0 atom stereocenters. The molecular weight excluding hydrogens is 242 g/mol. The lowest BCUT2D eigenvalue weighted by atomic mass is 10.4. The van der Waals surface area contributed by atoms with Crippen LogP contribution in [-0.2, 0) is 6.54 Å². The molecule has 0 N–H and O–H groups in total. The highest BCUT2D eigenvalue weighted by atomic mass is 35.5. The number of aromatic nitrogens is 3. The van der Waals surface area contributed by atoms with E-state index in [4.69, 9.17) is 11.6 Å². The third-order valence-electron chi connectivity index (χ3n) is 2.36. The second-order valence-electron chi connectivity index (χ2n) is 3.82. The van der Waals surface area contributed by atoms with Gasteiger partial charge in [0.2, 0.25) is 0 Å². The molecule has 1 saturated carbocycles. The maximum Gasteiger partial charge on any atom is 0.191 e. The van der Waals surface area contributed by atoms with E-state index in [1.165, 1.54) is 12.8 Å². The van der Waals surface area contributed by atoms with Gasteiger partial charge in [-0.3, -0.25) is 0 Å². The lowest BCUT2D eigenvalue weighted by Crippen LogP contribution is -2.02. The fourth-order valence-corrected chi connectivity index (χ4v) is 2.37. The van der Waals surface area contributed by atoms with Crippen molar-refractivity contribution in [3.05, 3.63) is 30.1 Å². The fourth-order valence-electron chi connectivity index (χ4n) is 1.49. The van der Waals surface area contributed by atoms with Gasteiger partial charge in [-0.1, -0.05) is 36.0 Å². The van der Waals surface area contributed by atoms with Gasteiger partial charge in [0.1, 0.15) is 5.82 Å². The van der Waals surface area contributed by atoms with E-state index in [0.29, 0.717) is 16.7 Å². The van der Waals surface area contributed by atoms with Gasteiger partial charge in [-0.2, -0.15) is 0 Å². The van der Waals surface area contributed by atoms with Crippen molar-refractivity contribution in [2.45, 2.75) is 30.5 Å². The minimum absolute atomic E-state index is 0.598. The van der Waals surface area contributed by atoms with Gasteiger partial charge in [0.25, 0.3) is 0 Å². The van der Waals surface area contributed by atoms with Crippen molar-refractivity contribution >= 4 is 23.4 Å². The topological polar surface area (TPSA) is 30.7 Å². The van der Waals surface area contributed by atoms with Crippen LogP contribution < -0.4 is 0 Å². The van der Waals surface area contributed by atoms with E-state index in [-0.39, 0.29) is 0 Å². The Balaban J connectivity index is 2.15. The molecule has 1 aromatic rings. The molecule has 1 aromatic heterocycles. The first-order valence-corrected chi connectivity index (χ1v) is 6.58. The number of hydrogen-bond acceptors (Lipinski definition) is 3. The van der Waals surface area contributed by atoms with Crippen LogP contribution >= 0.6 is 23.4 Å². The van der Waals surface area contributed by atoms with E-state index in [1.807, 2.05) is 6.08 Å². The summed E-state index contributed by atoms with van der Waals surface area (Å²) in [5.41, 5.74) is 0. The predicted octanol–water partition coefficient (Wildman–Crippen LogP) is 3.19. The normalized spacial score (nSPS) is 15.1. The van der Waals surface area contributed by atoms with Gasteiger partial charge >= 0.3 is 0 Å². The highest BCUT2D eigenvalue weighted by molar-refractivity contribution is 7.99. The van der Waals surface area contributed by atoms with Crippen LogP contribution in [0.15, 0.2) is 29.4 Å². The monoisotopic (exact) mass is 255 g/mol. The van der Waals surface area contributed by atoms with Crippen LogP contribution in [0, 0.1) is 0 Å². The van der Waals surface area contributed by atoms with Crippen molar-refractivity contribution in [1.82, 2.24) is 14.8 Å². The Morgan fingerprint density at radius 1 is 1.56 bits per heavy atom. The maximum atomic E-state index is 5.75. The summed E-state index contributed by atoms with van der Waals surface area (Å²) in [4.78, 5) is 0. The second kappa shape index (κ2) is 5.06. The van der Waals surface area contributed by atoms with Crippen LogP contribution in [0.25, 0.3) is 0 Å². The van der Waals surface area contributed by atoms with E-state index >= 15 is 0 Å².